The van der Waals surface area contributed by atoms with Crippen molar-refractivity contribution in [3.8, 4) is 5.75 Å². The van der Waals surface area contributed by atoms with Crippen molar-refractivity contribution in [3.63, 3.8) is 0 Å². The second-order valence-corrected chi connectivity index (χ2v) is 10.5. The van der Waals surface area contributed by atoms with Crippen LogP contribution in [0.4, 0.5) is 5.13 Å². The Hall–Kier alpha value is -3.49. The van der Waals surface area contributed by atoms with Gasteiger partial charge in [0.1, 0.15) is 11.5 Å². The number of aromatic nitrogens is 1. The van der Waals surface area contributed by atoms with E-state index in [2.05, 4.69) is 20.9 Å². The van der Waals surface area contributed by atoms with Gasteiger partial charge in [-0.25, -0.2) is 4.98 Å². The summed E-state index contributed by atoms with van der Waals surface area (Å²) >= 11 is 4.80. The van der Waals surface area contributed by atoms with Crippen LogP contribution in [0.3, 0.4) is 0 Å². The molecule has 6 nitrogen and oxygen atoms in total. The van der Waals surface area contributed by atoms with Gasteiger partial charge in [0, 0.05) is 10.0 Å². The molecule has 0 aliphatic carbocycles. The van der Waals surface area contributed by atoms with Crippen molar-refractivity contribution in [2.75, 3.05) is 11.5 Å². The molecule has 1 saturated heterocycles. The molecular formula is C28H23BrN2O4S. The molecule has 1 aliphatic rings. The fourth-order valence-corrected chi connectivity index (χ4v) is 5.85. The van der Waals surface area contributed by atoms with Crippen LogP contribution >= 0.6 is 27.3 Å². The zero-order valence-corrected chi connectivity index (χ0v) is 22.3. The maximum atomic E-state index is 13.5. The lowest BCUT2D eigenvalue weighted by atomic mass is 9.93. The van der Waals surface area contributed by atoms with E-state index >= 15 is 0 Å². The summed E-state index contributed by atoms with van der Waals surface area (Å²) in [5.74, 6) is -0.953. The zero-order valence-electron chi connectivity index (χ0n) is 19.9. The third kappa shape index (κ3) is 4.20. The lowest BCUT2D eigenvalue weighted by molar-refractivity contribution is -0.132. The first-order valence-electron chi connectivity index (χ1n) is 11.5. The highest BCUT2D eigenvalue weighted by atomic mass is 79.9. The summed E-state index contributed by atoms with van der Waals surface area (Å²) in [5, 5.41) is 11.8. The Morgan fingerprint density at radius 2 is 1.92 bits per heavy atom. The van der Waals surface area contributed by atoms with Crippen molar-refractivity contribution in [3.05, 3.63) is 93.0 Å². The molecule has 36 heavy (non-hydrogen) atoms. The largest absolute Gasteiger partial charge is 0.507 e. The fraction of sp³-hybridized carbons (Fsp3) is 0.179. The number of ketones is 1. The third-order valence-corrected chi connectivity index (χ3v) is 7.63. The van der Waals surface area contributed by atoms with Crippen molar-refractivity contribution in [1.29, 1.82) is 0 Å². The molecule has 0 bridgehead atoms. The van der Waals surface area contributed by atoms with Crippen molar-refractivity contribution in [2.24, 2.45) is 0 Å². The van der Waals surface area contributed by atoms with Gasteiger partial charge in [0.2, 0.25) is 0 Å². The molecule has 1 unspecified atom stereocenters. The number of fused-ring (bicyclic) bond motifs is 1. The number of hydrogen-bond acceptors (Lipinski definition) is 6. The number of thiazole rings is 1. The summed E-state index contributed by atoms with van der Waals surface area (Å²) in [7, 11) is 0. The fourth-order valence-electron chi connectivity index (χ4n) is 4.41. The van der Waals surface area contributed by atoms with Gasteiger partial charge in [-0.05, 0) is 68.3 Å². The first-order chi connectivity index (χ1) is 17.3. The number of aliphatic hydroxyl groups excluding tert-OH is 1. The lowest BCUT2D eigenvalue weighted by Gasteiger charge is -2.23. The number of amides is 1. The molecule has 1 aliphatic heterocycles. The Labute approximate surface area is 221 Å². The van der Waals surface area contributed by atoms with E-state index in [0.717, 1.165) is 20.3 Å². The average molecular weight is 563 g/mol. The molecule has 1 amide bonds. The molecule has 1 atom stereocenters. The molecule has 0 radical (unpaired) electrons. The monoisotopic (exact) mass is 562 g/mol. The Morgan fingerprint density at radius 1 is 1.11 bits per heavy atom. The van der Waals surface area contributed by atoms with Crippen molar-refractivity contribution < 1.29 is 19.4 Å². The number of Topliss-reactive ketones (excluding diaryl/α,β-unsaturated/α-hetero) is 1. The predicted molar refractivity (Wildman–Crippen MR) is 146 cm³/mol. The summed E-state index contributed by atoms with van der Waals surface area (Å²) < 4.78 is 7.24. The minimum Gasteiger partial charge on any atom is -0.507 e. The number of rotatable bonds is 5. The Kier molecular flexibility index (Phi) is 6.40. The minimum absolute atomic E-state index is 0.0426. The van der Waals surface area contributed by atoms with Crippen molar-refractivity contribution >= 4 is 60.1 Å². The third-order valence-electron chi connectivity index (χ3n) is 6.12. The molecule has 8 heteroatoms. The lowest BCUT2D eigenvalue weighted by Crippen LogP contribution is -2.29. The number of halogens is 1. The number of anilines is 1. The molecule has 0 saturated carbocycles. The molecule has 1 fully saturated rings. The number of benzene rings is 3. The van der Waals surface area contributed by atoms with Gasteiger partial charge >= 0.3 is 5.91 Å². The summed E-state index contributed by atoms with van der Waals surface area (Å²) in [5.41, 5.74) is 3.69. The van der Waals surface area contributed by atoms with Crippen LogP contribution in [0.2, 0.25) is 0 Å². The number of nitrogens with zero attached hydrogens (tertiary/aromatic N) is 2. The van der Waals surface area contributed by atoms with Crippen LogP contribution in [0.25, 0.3) is 16.0 Å². The van der Waals surface area contributed by atoms with E-state index in [4.69, 9.17) is 4.74 Å². The summed E-state index contributed by atoms with van der Waals surface area (Å²) in [4.78, 5) is 33.0. The number of carbonyl (C=O) groups excluding carboxylic acids is 2. The highest BCUT2D eigenvalue weighted by Gasteiger charge is 2.48. The van der Waals surface area contributed by atoms with Crippen LogP contribution in [-0.2, 0) is 9.59 Å². The maximum absolute atomic E-state index is 13.5. The van der Waals surface area contributed by atoms with Gasteiger partial charge in [0.15, 0.2) is 5.13 Å². The maximum Gasteiger partial charge on any atom is 0.301 e. The van der Waals surface area contributed by atoms with E-state index in [-0.39, 0.29) is 11.3 Å². The molecule has 1 N–H and O–H groups in total. The number of aryl methyl sites for hydroxylation is 2. The predicted octanol–water partition coefficient (Wildman–Crippen LogP) is 6.70. The van der Waals surface area contributed by atoms with E-state index in [1.807, 2.05) is 81.4 Å². The number of carbonyl (C=O) groups is 2. The van der Waals surface area contributed by atoms with Crippen LogP contribution in [-0.4, -0.2) is 28.4 Å². The van der Waals surface area contributed by atoms with Crippen LogP contribution in [0.5, 0.6) is 5.75 Å². The van der Waals surface area contributed by atoms with E-state index in [9.17, 15) is 14.7 Å². The number of aliphatic hydroxyl groups is 1. The van der Waals surface area contributed by atoms with Crippen LogP contribution in [0, 0.1) is 13.8 Å². The highest BCUT2D eigenvalue weighted by molar-refractivity contribution is 9.10. The average Bonchev–Trinajstić information content (AvgIpc) is 3.38. The van der Waals surface area contributed by atoms with Crippen LogP contribution < -0.4 is 9.64 Å². The molecule has 3 aromatic carbocycles. The van der Waals surface area contributed by atoms with E-state index in [0.29, 0.717) is 34.1 Å². The van der Waals surface area contributed by atoms with Gasteiger partial charge in [0.05, 0.1) is 28.4 Å². The van der Waals surface area contributed by atoms with Gasteiger partial charge in [-0.1, -0.05) is 57.1 Å². The van der Waals surface area contributed by atoms with Gasteiger partial charge in [-0.3, -0.25) is 14.5 Å². The topological polar surface area (TPSA) is 79.7 Å². The quantitative estimate of drug-likeness (QED) is 0.166. The Balaban J connectivity index is 1.73. The van der Waals surface area contributed by atoms with E-state index < -0.39 is 17.7 Å². The Bertz CT molecular complexity index is 1560. The molecule has 4 aromatic rings. The van der Waals surface area contributed by atoms with Gasteiger partial charge in [-0.15, -0.1) is 0 Å². The number of ether oxygens (including phenoxy) is 1. The van der Waals surface area contributed by atoms with Crippen molar-refractivity contribution in [1.82, 2.24) is 4.98 Å². The number of hydrogen-bond donors (Lipinski definition) is 1. The minimum atomic E-state index is -0.839. The normalized spacial score (nSPS) is 17.2. The molecule has 1 aromatic heterocycles. The second kappa shape index (κ2) is 9.52. The SMILES string of the molecule is CCOc1ccc2nc(N3C(=O)C(=O)C(=C(O)c4cc(C)ccc4C)C3c3cccc(Br)c3)sc2c1. The Morgan fingerprint density at radius 3 is 2.67 bits per heavy atom. The van der Waals surface area contributed by atoms with Crippen LogP contribution in [0.15, 0.2) is 70.7 Å². The molecule has 0 spiro atoms. The molecule has 2 heterocycles. The van der Waals surface area contributed by atoms with Crippen LogP contribution in [0.1, 0.15) is 35.2 Å². The standard InChI is InChI=1S/C28H23BrN2O4S/c1-4-35-19-10-11-21-22(14-19)36-28(30-21)31-24(17-6-5-7-18(29)13-17)23(26(33)27(31)34)25(32)20-12-15(2)8-9-16(20)3/h5-14,24,32H,4H2,1-3H3. The van der Waals surface area contributed by atoms with Gasteiger partial charge < -0.3 is 9.84 Å². The summed E-state index contributed by atoms with van der Waals surface area (Å²) in [6.07, 6.45) is 0. The highest BCUT2D eigenvalue weighted by Crippen LogP contribution is 2.45. The first-order valence-corrected chi connectivity index (χ1v) is 13.1. The van der Waals surface area contributed by atoms with Gasteiger partial charge in [-0.2, -0.15) is 0 Å². The second-order valence-electron chi connectivity index (χ2n) is 8.60. The first kappa shape index (κ1) is 24.2. The zero-order chi connectivity index (χ0) is 25.6. The van der Waals surface area contributed by atoms with E-state index in [1.165, 1.54) is 16.2 Å². The molecule has 5 rings (SSSR count). The summed E-state index contributed by atoms with van der Waals surface area (Å²) in [6, 6.07) is 17.7. The van der Waals surface area contributed by atoms with E-state index in [1.54, 1.807) is 0 Å². The van der Waals surface area contributed by atoms with Gasteiger partial charge in [0.25, 0.3) is 5.78 Å². The smallest absolute Gasteiger partial charge is 0.301 e. The summed E-state index contributed by atoms with van der Waals surface area (Å²) in [6.45, 7) is 6.23. The van der Waals surface area contributed by atoms with Crippen molar-refractivity contribution in [2.45, 2.75) is 26.8 Å². The molecular weight excluding hydrogens is 540 g/mol. The molecule has 182 valence electrons.